The summed E-state index contributed by atoms with van der Waals surface area (Å²) in [5.41, 5.74) is 2.71. The van der Waals surface area contributed by atoms with Gasteiger partial charge in [0.05, 0.1) is 6.54 Å². The van der Waals surface area contributed by atoms with Crippen molar-refractivity contribution in [1.29, 1.82) is 0 Å². The van der Waals surface area contributed by atoms with Gasteiger partial charge in [0.2, 0.25) is 0 Å². The lowest BCUT2D eigenvalue weighted by Gasteiger charge is -2.32. The van der Waals surface area contributed by atoms with E-state index in [9.17, 15) is 0 Å². The number of nitrogens with one attached hydrogen (secondary N) is 2. The van der Waals surface area contributed by atoms with E-state index >= 15 is 0 Å². The molecule has 0 unspecified atom stereocenters. The van der Waals surface area contributed by atoms with Crippen LogP contribution in [0.5, 0.6) is 0 Å². The molecule has 1 saturated heterocycles. The van der Waals surface area contributed by atoms with Crippen LogP contribution in [0.15, 0.2) is 29.3 Å². The molecule has 0 aliphatic carbocycles. The molecule has 1 aliphatic heterocycles. The maximum absolute atomic E-state index is 4.92. The van der Waals surface area contributed by atoms with E-state index in [1.54, 1.807) is 0 Å². The fourth-order valence-corrected chi connectivity index (χ4v) is 3.85. The third-order valence-electron chi connectivity index (χ3n) is 5.63. The predicted octanol–water partition coefficient (Wildman–Crippen LogP) is 4.08. The lowest BCUT2D eigenvalue weighted by atomic mass is 10.1. The second-order valence-electron chi connectivity index (χ2n) is 7.69. The van der Waals surface area contributed by atoms with Crippen molar-refractivity contribution in [2.24, 2.45) is 4.99 Å². The zero-order chi connectivity index (χ0) is 20.2. The molecule has 5 nitrogen and oxygen atoms in total. The Hall–Kier alpha value is -0.860. The van der Waals surface area contributed by atoms with E-state index in [1.807, 2.05) is 0 Å². The summed E-state index contributed by atoms with van der Waals surface area (Å²) in [5, 5.41) is 7.11. The first-order chi connectivity index (χ1) is 13.7. The van der Waals surface area contributed by atoms with Gasteiger partial charge in [-0.05, 0) is 56.9 Å². The molecule has 1 fully saturated rings. The molecule has 166 valence electrons. The van der Waals surface area contributed by atoms with E-state index < -0.39 is 0 Å². The third kappa shape index (κ3) is 9.22. The molecule has 0 bridgehead atoms. The topological polar surface area (TPSA) is 42.9 Å². The van der Waals surface area contributed by atoms with Crippen molar-refractivity contribution in [2.45, 2.75) is 66.1 Å². The molecule has 2 rings (SSSR count). The Labute approximate surface area is 195 Å². The summed E-state index contributed by atoms with van der Waals surface area (Å²) in [6, 6.07) is 9.25. The average molecular weight is 516 g/mol. The molecule has 1 aromatic rings. The van der Waals surface area contributed by atoms with Crippen molar-refractivity contribution in [3.8, 4) is 0 Å². The van der Waals surface area contributed by atoms with Gasteiger partial charge in [0.25, 0.3) is 0 Å². The predicted molar refractivity (Wildman–Crippen MR) is 136 cm³/mol. The number of aliphatic imine (C=N–C) groups is 1. The van der Waals surface area contributed by atoms with Crippen LogP contribution in [0.1, 0.15) is 58.1 Å². The molecule has 0 spiro atoms. The Morgan fingerprint density at radius 3 is 2.31 bits per heavy atom. The highest BCUT2D eigenvalue weighted by atomic mass is 127. The number of rotatable bonds is 10. The van der Waals surface area contributed by atoms with E-state index in [-0.39, 0.29) is 24.0 Å². The first kappa shape index (κ1) is 26.2. The SMILES string of the molecule is CCCN1CCC(NC(=NCc2ccccc2CN(CC)CC)NCC)CC1.I. The van der Waals surface area contributed by atoms with E-state index in [0.717, 1.165) is 38.7 Å². The van der Waals surface area contributed by atoms with Gasteiger partial charge in [-0.15, -0.1) is 24.0 Å². The first-order valence-corrected chi connectivity index (χ1v) is 11.3. The van der Waals surface area contributed by atoms with Crippen LogP contribution in [0.3, 0.4) is 0 Å². The monoisotopic (exact) mass is 515 g/mol. The van der Waals surface area contributed by atoms with Gasteiger partial charge < -0.3 is 15.5 Å². The van der Waals surface area contributed by atoms with E-state index in [1.165, 1.54) is 50.0 Å². The van der Waals surface area contributed by atoms with Gasteiger partial charge in [0.1, 0.15) is 0 Å². The molecule has 6 heteroatoms. The molecule has 0 saturated carbocycles. The lowest BCUT2D eigenvalue weighted by molar-refractivity contribution is 0.206. The zero-order valence-electron chi connectivity index (χ0n) is 18.9. The van der Waals surface area contributed by atoms with Crippen molar-refractivity contribution >= 4 is 29.9 Å². The maximum Gasteiger partial charge on any atom is 0.191 e. The normalized spacial score (nSPS) is 16.0. The third-order valence-corrected chi connectivity index (χ3v) is 5.63. The van der Waals surface area contributed by atoms with Gasteiger partial charge in [0, 0.05) is 32.2 Å². The van der Waals surface area contributed by atoms with Gasteiger partial charge in [0.15, 0.2) is 5.96 Å². The molecule has 1 heterocycles. The summed E-state index contributed by atoms with van der Waals surface area (Å²) in [6.45, 7) is 17.2. The van der Waals surface area contributed by atoms with Crippen LogP contribution in [-0.4, -0.2) is 61.1 Å². The minimum atomic E-state index is 0. The average Bonchev–Trinajstić information content (AvgIpc) is 2.72. The molecule has 0 aromatic heterocycles. The van der Waals surface area contributed by atoms with Crippen LogP contribution < -0.4 is 10.6 Å². The van der Waals surface area contributed by atoms with Gasteiger partial charge in [-0.1, -0.05) is 45.0 Å². The summed E-state index contributed by atoms with van der Waals surface area (Å²) in [4.78, 5) is 9.94. The van der Waals surface area contributed by atoms with Crippen LogP contribution in [0.25, 0.3) is 0 Å². The van der Waals surface area contributed by atoms with Crippen molar-refractivity contribution in [2.75, 3.05) is 39.3 Å². The van der Waals surface area contributed by atoms with Gasteiger partial charge >= 0.3 is 0 Å². The second kappa shape index (κ2) is 15.0. The van der Waals surface area contributed by atoms with Crippen LogP contribution >= 0.6 is 24.0 Å². The lowest BCUT2D eigenvalue weighted by Crippen LogP contribution is -2.48. The Bertz CT molecular complexity index is 580. The summed E-state index contributed by atoms with van der Waals surface area (Å²) >= 11 is 0. The highest BCUT2D eigenvalue weighted by Crippen LogP contribution is 2.14. The highest BCUT2D eigenvalue weighted by molar-refractivity contribution is 14.0. The minimum Gasteiger partial charge on any atom is -0.357 e. The summed E-state index contributed by atoms with van der Waals surface area (Å²) in [7, 11) is 0. The summed E-state index contributed by atoms with van der Waals surface area (Å²) in [6.07, 6.45) is 3.64. The molecule has 2 N–H and O–H groups in total. The van der Waals surface area contributed by atoms with Crippen LogP contribution in [-0.2, 0) is 13.1 Å². The van der Waals surface area contributed by atoms with Gasteiger partial charge in [-0.2, -0.15) is 0 Å². The fourth-order valence-electron chi connectivity index (χ4n) is 3.85. The van der Waals surface area contributed by atoms with Crippen LogP contribution in [0.4, 0.5) is 0 Å². The summed E-state index contributed by atoms with van der Waals surface area (Å²) in [5.74, 6) is 0.953. The van der Waals surface area contributed by atoms with Crippen molar-refractivity contribution in [3.05, 3.63) is 35.4 Å². The highest BCUT2D eigenvalue weighted by Gasteiger charge is 2.19. The standard InChI is InChI=1S/C23H41N5.HI/c1-5-15-28-16-13-22(14-17-28)26-23(24-6-2)25-18-20-11-9-10-12-21(20)19-27(7-3)8-4;/h9-12,22H,5-8,13-19H2,1-4H3,(H2,24,25,26);1H. The molecular weight excluding hydrogens is 473 g/mol. The number of benzene rings is 1. The number of hydrogen-bond donors (Lipinski definition) is 2. The molecule has 0 amide bonds. The van der Waals surface area contributed by atoms with Crippen LogP contribution in [0, 0.1) is 0 Å². The number of halogens is 1. The smallest absolute Gasteiger partial charge is 0.191 e. The Morgan fingerprint density at radius 2 is 1.72 bits per heavy atom. The molecular formula is C23H42IN5. The Kier molecular flexibility index (Phi) is 13.6. The molecule has 1 aliphatic rings. The van der Waals surface area contributed by atoms with Gasteiger partial charge in [-0.25, -0.2) is 4.99 Å². The maximum atomic E-state index is 4.92. The van der Waals surface area contributed by atoms with Crippen molar-refractivity contribution < 1.29 is 0 Å². The van der Waals surface area contributed by atoms with E-state index in [0.29, 0.717) is 6.04 Å². The second-order valence-corrected chi connectivity index (χ2v) is 7.69. The fraction of sp³-hybridized carbons (Fsp3) is 0.696. The Balaban J connectivity index is 0.00000420. The molecule has 0 atom stereocenters. The number of nitrogens with zero attached hydrogens (tertiary/aromatic N) is 3. The Morgan fingerprint density at radius 1 is 1.07 bits per heavy atom. The zero-order valence-corrected chi connectivity index (χ0v) is 21.2. The minimum absolute atomic E-state index is 0. The van der Waals surface area contributed by atoms with Crippen molar-refractivity contribution in [3.63, 3.8) is 0 Å². The molecule has 1 aromatic carbocycles. The largest absolute Gasteiger partial charge is 0.357 e. The number of piperidine rings is 1. The summed E-state index contributed by atoms with van der Waals surface area (Å²) < 4.78 is 0. The quantitative estimate of drug-likeness (QED) is 0.280. The number of guanidine groups is 1. The van der Waals surface area contributed by atoms with E-state index in [2.05, 4.69) is 72.4 Å². The number of hydrogen-bond acceptors (Lipinski definition) is 3. The van der Waals surface area contributed by atoms with Crippen molar-refractivity contribution in [1.82, 2.24) is 20.4 Å². The number of likely N-dealkylation sites (tertiary alicyclic amines) is 1. The van der Waals surface area contributed by atoms with Gasteiger partial charge in [-0.3, -0.25) is 4.90 Å². The van der Waals surface area contributed by atoms with Crippen LogP contribution in [0.2, 0.25) is 0 Å². The first-order valence-electron chi connectivity index (χ1n) is 11.3. The van der Waals surface area contributed by atoms with E-state index in [4.69, 9.17) is 4.99 Å². The molecule has 29 heavy (non-hydrogen) atoms. The molecule has 0 radical (unpaired) electrons.